The van der Waals surface area contributed by atoms with E-state index in [4.69, 9.17) is 14.6 Å². The minimum atomic E-state index is -0.263. The normalized spacial score (nSPS) is 12.9. The first kappa shape index (κ1) is 22.2. The first-order valence-electron chi connectivity index (χ1n) is 10.0. The summed E-state index contributed by atoms with van der Waals surface area (Å²) in [4.78, 5) is 14.1. The molecule has 1 atom stereocenters. The highest BCUT2D eigenvalue weighted by Crippen LogP contribution is 2.25. The number of rotatable bonds is 8. The van der Waals surface area contributed by atoms with Gasteiger partial charge in [0, 0.05) is 6.20 Å². The summed E-state index contributed by atoms with van der Waals surface area (Å²) in [7, 11) is 3.18. The number of benzene rings is 2. The quantitative estimate of drug-likeness (QED) is 0.314. The standard InChI is InChI=1S/C24H27FN4O2/c1-5-21(19-8-10-20(25)11-9-19)27-24(28-31-4)13-7-18-6-12-22(23(14-18)30-3)29-15-17(2)26-16-29/h6-16,21H,5H2,1-4H3,(H,27,28)/b13-7+. The van der Waals surface area contributed by atoms with Gasteiger partial charge in [0.2, 0.25) is 0 Å². The molecular formula is C24H27FN4O2. The minimum Gasteiger partial charge on any atom is -0.495 e. The summed E-state index contributed by atoms with van der Waals surface area (Å²) in [6.45, 7) is 3.98. The highest BCUT2D eigenvalue weighted by molar-refractivity contribution is 5.96. The van der Waals surface area contributed by atoms with Gasteiger partial charge in [-0.3, -0.25) is 9.83 Å². The lowest BCUT2D eigenvalue weighted by molar-refractivity contribution is 0.145. The van der Waals surface area contributed by atoms with Crippen LogP contribution in [0.5, 0.6) is 5.75 Å². The Morgan fingerprint density at radius 3 is 2.61 bits per heavy atom. The molecule has 7 heteroatoms. The molecule has 31 heavy (non-hydrogen) atoms. The number of methoxy groups -OCH3 is 1. The van der Waals surface area contributed by atoms with E-state index in [9.17, 15) is 4.39 Å². The van der Waals surface area contributed by atoms with Gasteiger partial charge in [0.25, 0.3) is 0 Å². The van der Waals surface area contributed by atoms with E-state index in [2.05, 4.69) is 10.5 Å². The summed E-state index contributed by atoms with van der Waals surface area (Å²) in [5.41, 5.74) is 6.54. The van der Waals surface area contributed by atoms with Crippen LogP contribution in [0.1, 0.15) is 36.2 Å². The van der Waals surface area contributed by atoms with Crippen molar-refractivity contribution in [2.24, 2.45) is 4.99 Å². The Balaban J connectivity index is 1.85. The number of halogens is 1. The van der Waals surface area contributed by atoms with Crippen LogP contribution in [0.4, 0.5) is 4.39 Å². The molecule has 0 fully saturated rings. The van der Waals surface area contributed by atoms with Crippen molar-refractivity contribution in [2.45, 2.75) is 26.3 Å². The van der Waals surface area contributed by atoms with Gasteiger partial charge in [-0.05, 0) is 54.8 Å². The second-order valence-electron chi connectivity index (χ2n) is 6.98. The lowest BCUT2D eigenvalue weighted by Gasteiger charge is -2.13. The molecule has 0 radical (unpaired) electrons. The molecule has 0 spiro atoms. The summed E-state index contributed by atoms with van der Waals surface area (Å²) in [5, 5.41) is 0. The van der Waals surface area contributed by atoms with Crippen molar-refractivity contribution in [2.75, 3.05) is 14.2 Å². The molecule has 0 amide bonds. The number of hydrogen-bond donors (Lipinski definition) is 1. The molecule has 1 aromatic heterocycles. The van der Waals surface area contributed by atoms with Gasteiger partial charge in [-0.25, -0.2) is 14.9 Å². The van der Waals surface area contributed by atoms with Crippen molar-refractivity contribution in [3.05, 3.63) is 83.7 Å². The van der Waals surface area contributed by atoms with Crippen molar-refractivity contribution >= 4 is 11.9 Å². The Kier molecular flexibility index (Phi) is 7.56. The number of aryl methyl sites for hydroxylation is 1. The third kappa shape index (κ3) is 5.79. The Morgan fingerprint density at radius 2 is 2.00 bits per heavy atom. The second kappa shape index (κ2) is 10.5. The molecule has 3 rings (SSSR count). The maximum absolute atomic E-state index is 13.3. The number of aliphatic imine (C=N–C) groups is 1. The van der Waals surface area contributed by atoms with Crippen LogP contribution in [-0.2, 0) is 4.84 Å². The van der Waals surface area contributed by atoms with Crippen LogP contribution in [0.3, 0.4) is 0 Å². The topological polar surface area (TPSA) is 60.7 Å². The summed E-state index contributed by atoms with van der Waals surface area (Å²) in [5.74, 6) is 1.03. The zero-order valence-corrected chi connectivity index (χ0v) is 18.2. The molecule has 1 heterocycles. The zero-order chi connectivity index (χ0) is 22.2. The van der Waals surface area contributed by atoms with Crippen molar-refractivity contribution < 1.29 is 14.0 Å². The van der Waals surface area contributed by atoms with E-state index in [1.54, 1.807) is 25.6 Å². The summed E-state index contributed by atoms with van der Waals surface area (Å²) in [6.07, 6.45) is 8.23. The molecule has 0 aliphatic carbocycles. The van der Waals surface area contributed by atoms with Gasteiger partial charge in [0.1, 0.15) is 17.4 Å². The van der Waals surface area contributed by atoms with E-state index < -0.39 is 0 Å². The predicted molar refractivity (Wildman–Crippen MR) is 121 cm³/mol. The van der Waals surface area contributed by atoms with E-state index in [0.717, 1.165) is 34.7 Å². The van der Waals surface area contributed by atoms with Gasteiger partial charge >= 0.3 is 0 Å². The fourth-order valence-corrected chi connectivity index (χ4v) is 3.20. The maximum atomic E-state index is 13.3. The molecule has 162 valence electrons. The molecule has 2 aromatic carbocycles. The van der Waals surface area contributed by atoms with Crippen LogP contribution in [0.25, 0.3) is 11.8 Å². The fourth-order valence-electron chi connectivity index (χ4n) is 3.20. The first-order chi connectivity index (χ1) is 15.0. The number of aromatic nitrogens is 2. The molecule has 0 saturated carbocycles. The SMILES string of the molecule is CCC(N=C(/C=C/c1ccc(-n2cnc(C)c2)c(OC)c1)NOC)c1ccc(F)cc1. The number of hydrogen-bond acceptors (Lipinski definition) is 4. The monoisotopic (exact) mass is 422 g/mol. The second-order valence-corrected chi connectivity index (χ2v) is 6.98. The van der Waals surface area contributed by atoms with Crippen LogP contribution >= 0.6 is 0 Å². The average molecular weight is 423 g/mol. The van der Waals surface area contributed by atoms with E-state index >= 15 is 0 Å². The highest BCUT2D eigenvalue weighted by atomic mass is 19.1. The van der Waals surface area contributed by atoms with Crippen LogP contribution in [0.15, 0.2) is 66.1 Å². The third-order valence-corrected chi connectivity index (χ3v) is 4.77. The Morgan fingerprint density at radius 1 is 1.23 bits per heavy atom. The molecule has 0 aliphatic rings. The summed E-state index contributed by atoms with van der Waals surface area (Å²) < 4.78 is 20.7. The molecule has 0 aliphatic heterocycles. The lowest BCUT2D eigenvalue weighted by Crippen LogP contribution is -2.20. The number of amidine groups is 1. The highest BCUT2D eigenvalue weighted by Gasteiger charge is 2.10. The largest absolute Gasteiger partial charge is 0.495 e. The summed E-state index contributed by atoms with van der Waals surface area (Å²) >= 11 is 0. The lowest BCUT2D eigenvalue weighted by atomic mass is 10.1. The molecule has 6 nitrogen and oxygen atoms in total. The maximum Gasteiger partial charge on any atom is 0.145 e. The summed E-state index contributed by atoms with van der Waals surface area (Å²) in [6, 6.07) is 12.2. The van der Waals surface area contributed by atoms with E-state index in [1.807, 2.05) is 55.0 Å². The predicted octanol–water partition coefficient (Wildman–Crippen LogP) is 5.04. The molecule has 0 bridgehead atoms. The minimum absolute atomic E-state index is 0.121. The van der Waals surface area contributed by atoms with Gasteiger partial charge in [0.05, 0.1) is 38.0 Å². The van der Waals surface area contributed by atoms with E-state index in [1.165, 1.54) is 19.2 Å². The van der Waals surface area contributed by atoms with Crippen molar-refractivity contribution in [3.8, 4) is 11.4 Å². The Hall–Kier alpha value is -3.45. The number of imidazole rings is 1. The van der Waals surface area contributed by atoms with Crippen LogP contribution in [0, 0.1) is 12.7 Å². The smallest absolute Gasteiger partial charge is 0.145 e. The molecule has 1 unspecified atom stereocenters. The average Bonchev–Trinajstić information content (AvgIpc) is 3.22. The third-order valence-electron chi connectivity index (χ3n) is 4.77. The molecule has 1 N–H and O–H groups in total. The van der Waals surface area contributed by atoms with Crippen LogP contribution in [0.2, 0.25) is 0 Å². The molecule has 0 saturated heterocycles. The van der Waals surface area contributed by atoms with E-state index in [0.29, 0.717) is 5.84 Å². The first-order valence-corrected chi connectivity index (χ1v) is 10.0. The molecular weight excluding hydrogens is 395 g/mol. The Labute approximate surface area is 182 Å². The number of nitrogens with one attached hydrogen (secondary N) is 1. The van der Waals surface area contributed by atoms with Crippen molar-refractivity contribution in [3.63, 3.8) is 0 Å². The van der Waals surface area contributed by atoms with E-state index in [-0.39, 0.29) is 11.9 Å². The van der Waals surface area contributed by atoms with Crippen LogP contribution in [-0.4, -0.2) is 29.6 Å². The van der Waals surface area contributed by atoms with Crippen molar-refractivity contribution in [1.29, 1.82) is 0 Å². The number of hydroxylamine groups is 1. The van der Waals surface area contributed by atoms with Gasteiger partial charge in [-0.1, -0.05) is 31.2 Å². The Bertz CT molecular complexity index is 1060. The number of nitrogens with zero attached hydrogens (tertiary/aromatic N) is 3. The number of ether oxygens (including phenoxy) is 1. The van der Waals surface area contributed by atoms with Crippen LogP contribution < -0.4 is 10.2 Å². The van der Waals surface area contributed by atoms with Crippen molar-refractivity contribution in [1.82, 2.24) is 15.0 Å². The van der Waals surface area contributed by atoms with Gasteiger partial charge in [0.15, 0.2) is 0 Å². The van der Waals surface area contributed by atoms with Gasteiger partial charge in [-0.15, -0.1) is 0 Å². The zero-order valence-electron chi connectivity index (χ0n) is 18.2. The van der Waals surface area contributed by atoms with Gasteiger partial charge < -0.3 is 9.30 Å². The molecule has 3 aromatic rings. The van der Waals surface area contributed by atoms with Gasteiger partial charge in [-0.2, -0.15) is 0 Å². The fraction of sp³-hybridized carbons (Fsp3) is 0.250.